The highest BCUT2D eigenvalue weighted by molar-refractivity contribution is 5.98. The van der Waals surface area contributed by atoms with Crippen molar-refractivity contribution in [3.63, 3.8) is 0 Å². The molecule has 0 radical (unpaired) electrons. The number of amides is 3. The van der Waals surface area contributed by atoms with Crippen LogP contribution >= 0.6 is 0 Å². The zero-order chi connectivity index (χ0) is 22.5. The van der Waals surface area contributed by atoms with Crippen molar-refractivity contribution < 1.29 is 18.8 Å². The highest BCUT2D eigenvalue weighted by Gasteiger charge is 2.37. The summed E-state index contributed by atoms with van der Waals surface area (Å²) < 4.78 is 13.3. The zero-order valence-electron chi connectivity index (χ0n) is 18.6. The van der Waals surface area contributed by atoms with Gasteiger partial charge in [0.1, 0.15) is 5.82 Å². The number of rotatable bonds is 6. The summed E-state index contributed by atoms with van der Waals surface area (Å²) in [4.78, 5) is 41.8. The van der Waals surface area contributed by atoms with E-state index in [1.54, 1.807) is 38.1 Å². The van der Waals surface area contributed by atoms with Gasteiger partial charge in [0.05, 0.1) is 12.5 Å². The van der Waals surface area contributed by atoms with Crippen molar-refractivity contribution in [2.45, 2.75) is 64.5 Å². The molecule has 6 nitrogen and oxygen atoms in total. The minimum atomic E-state index is -0.591. The van der Waals surface area contributed by atoms with Gasteiger partial charge in [0, 0.05) is 37.8 Å². The Labute approximate surface area is 183 Å². The Morgan fingerprint density at radius 3 is 2.39 bits per heavy atom. The molecule has 1 aromatic carbocycles. The zero-order valence-corrected chi connectivity index (χ0v) is 18.6. The highest BCUT2D eigenvalue weighted by Crippen LogP contribution is 2.32. The molecule has 31 heavy (non-hydrogen) atoms. The van der Waals surface area contributed by atoms with Gasteiger partial charge in [-0.1, -0.05) is 31.4 Å². The molecule has 0 bridgehead atoms. The van der Waals surface area contributed by atoms with E-state index in [1.807, 2.05) is 0 Å². The van der Waals surface area contributed by atoms with E-state index in [0.717, 1.165) is 31.2 Å². The fraction of sp³-hybridized carbons (Fsp3) is 0.542. The van der Waals surface area contributed by atoms with Gasteiger partial charge in [-0.05, 0) is 43.9 Å². The van der Waals surface area contributed by atoms with Crippen molar-refractivity contribution in [2.75, 3.05) is 14.1 Å². The molecular formula is C24H32FN3O3. The first-order valence-electron chi connectivity index (χ1n) is 11.0. The third-order valence-electron chi connectivity index (χ3n) is 6.23. The molecule has 0 spiro atoms. The van der Waals surface area contributed by atoms with Crippen molar-refractivity contribution in [1.82, 2.24) is 15.1 Å². The van der Waals surface area contributed by atoms with Gasteiger partial charge in [-0.3, -0.25) is 14.4 Å². The Kier molecular flexibility index (Phi) is 7.46. The minimum Gasteiger partial charge on any atom is -0.353 e. The molecule has 1 aliphatic carbocycles. The predicted molar refractivity (Wildman–Crippen MR) is 116 cm³/mol. The van der Waals surface area contributed by atoms with E-state index in [-0.39, 0.29) is 49.0 Å². The number of carbonyl (C=O) groups is 3. The second kappa shape index (κ2) is 10.1. The van der Waals surface area contributed by atoms with E-state index in [1.165, 1.54) is 23.5 Å². The molecule has 1 fully saturated rings. The molecule has 1 unspecified atom stereocenters. The van der Waals surface area contributed by atoms with Gasteiger partial charge in [0.2, 0.25) is 11.8 Å². The van der Waals surface area contributed by atoms with E-state index < -0.39 is 5.92 Å². The molecule has 1 aliphatic heterocycles. The maximum atomic E-state index is 13.3. The molecule has 2 aliphatic rings. The van der Waals surface area contributed by atoms with Crippen LogP contribution in [0.2, 0.25) is 0 Å². The molecule has 168 valence electrons. The van der Waals surface area contributed by atoms with Crippen molar-refractivity contribution in [3.8, 4) is 0 Å². The topological polar surface area (TPSA) is 69.7 Å². The summed E-state index contributed by atoms with van der Waals surface area (Å²) in [5, 5.41) is 3.07. The van der Waals surface area contributed by atoms with Gasteiger partial charge < -0.3 is 15.1 Å². The number of hydrogen-bond acceptors (Lipinski definition) is 3. The summed E-state index contributed by atoms with van der Waals surface area (Å²) in [6, 6.07) is 6.13. The van der Waals surface area contributed by atoms with Crippen LogP contribution in [0.25, 0.3) is 0 Å². The first kappa shape index (κ1) is 23.0. The number of nitrogens with one attached hydrogen (secondary N) is 1. The van der Waals surface area contributed by atoms with Crippen LogP contribution in [0.1, 0.15) is 57.4 Å². The van der Waals surface area contributed by atoms with Crippen LogP contribution in [0.4, 0.5) is 4.39 Å². The molecular weight excluding hydrogens is 397 g/mol. The first-order chi connectivity index (χ1) is 14.8. The molecule has 1 aromatic rings. The Bertz CT molecular complexity index is 857. The summed E-state index contributed by atoms with van der Waals surface area (Å²) in [5.41, 5.74) is 1.90. The van der Waals surface area contributed by atoms with Gasteiger partial charge >= 0.3 is 0 Å². The number of nitrogens with zero attached hydrogens (tertiary/aromatic N) is 2. The van der Waals surface area contributed by atoms with Crippen LogP contribution in [0.5, 0.6) is 0 Å². The van der Waals surface area contributed by atoms with Gasteiger partial charge in [0.15, 0.2) is 0 Å². The number of benzene rings is 1. The van der Waals surface area contributed by atoms with Gasteiger partial charge in [-0.15, -0.1) is 0 Å². The van der Waals surface area contributed by atoms with Crippen LogP contribution < -0.4 is 5.32 Å². The number of likely N-dealkylation sites (N-methyl/N-ethyl adjacent to an activating group) is 1. The SMILES string of the molecule is CC1=C(C(=O)N(C)C)CC(CC(=O)NC2CCCCC2)C(=O)N1Cc1ccc(F)cc1. The lowest BCUT2D eigenvalue weighted by Crippen LogP contribution is -2.44. The second-order valence-electron chi connectivity index (χ2n) is 8.82. The molecule has 1 saturated carbocycles. The maximum absolute atomic E-state index is 13.3. The van der Waals surface area contributed by atoms with E-state index >= 15 is 0 Å². The average Bonchev–Trinajstić information content (AvgIpc) is 2.74. The normalized spacial score (nSPS) is 20.1. The van der Waals surface area contributed by atoms with Gasteiger partial charge in [0.25, 0.3) is 5.91 Å². The summed E-state index contributed by atoms with van der Waals surface area (Å²) in [6.45, 7) is 1.99. The molecule has 0 aromatic heterocycles. The summed E-state index contributed by atoms with van der Waals surface area (Å²) >= 11 is 0. The summed E-state index contributed by atoms with van der Waals surface area (Å²) in [6.07, 6.45) is 5.69. The molecule has 1 heterocycles. The van der Waals surface area contributed by atoms with E-state index in [0.29, 0.717) is 11.3 Å². The summed E-state index contributed by atoms with van der Waals surface area (Å²) in [5.74, 6) is -1.40. The molecule has 0 saturated heterocycles. The summed E-state index contributed by atoms with van der Waals surface area (Å²) in [7, 11) is 3.35. The number of halogens is 1. The van der Waals surface area contributed by atoms with Gasteiger partial charge in [-0.2, -0.15) is 0 Å². The van der Waals surface area contributed by atoms with E-state index in [9.17, 15) is 18.8 Å². The van der Waals surface area contributed by atoms with Gasteiger partial charge in [-0.25, -0.2) is 4.39 Å². The van der Waals surface area contributed by atoms with E-state index in [2.05, 4.69) is 5.32 Å². The van der Waals surface area contributed by atoms with Crippen molar-refractivity contribution in [2.24, 2.45) is 5.92 Å². The van der Waals surface area contributed by atoms with E-state index in [4.69, 9.17) is 0 Å². The fourth-order valence-electron chi connectivity index (χ4n) is 4.43. The Morgan fingerprint density at radius 2 is 1.77 bits per heavy atom. The number of hydrogen-bond donors (Lipinski definition) is 1. The van der Waals surface area contributed by atoms with Crippen molar-refractivity contribution in [3.05, 3.63) is 46.9 Å². The van der Waals surface area contributed by atoms with Crippen LogP contribution in [0, 0.1) is 11.7 Å². The van der Waals surface area contributed by atoms with Crippen molar-refractivity contribution >= 4 is 17.7 Å². The largest absolute Gasteiger partial charge is 0.353 e. The smallest absolute Gasteiger partial charge is 0.251 e. The Hall–Kier alpha value is -2.70. The fourth-order valence-corrected chi connectivity index (χ4v) is 4.43. The monoisotopic (exact) mass is 429 g/mol. The maximum Gasteiger partial charge on any atom is 0.251 e. The lowest BCUT2D eigenvalue weighted by molar-refractivity contribution is -0.139. The quantitative estimate of drug-likeness (QED) is 0.754. The highest BCUT2D eigenvalue weighted by atomic mass is 19.1. The number of carbonyl (C=O) groups excluding carboxylic acids is 3. The minimum absolute atomic E-state index is 0.0622. The average molecular weight is 430 g/mol. The number of allylic oxidation sites excluding steroid dienone is 1. The molecule has 3 rings (SSSR count). The van der Waals surface area contributed by atoms with Crippen LogP contribution in [-0.4, -0.2) is 47.7 Å². The van der Waals surface area contributed by atoms with Crippen LogP contribution in [-0.2, 0) is 20.9 Å². The van der Waals surface area contributed by atoms with Crippen molar-refractivity contribution in [1.29, 1.82) is 0 Å². The molecule has 3 amide bonds. The third-order valence-corrected chi connectivity index (χ3v) is 6.23. The van der Waals surface area contributed by atoms with Crippen LogP contribution in [0.15, 0.2) is 35.5 Å². The lowest BCUT2D eigenvalue weighted by atomic mass is 9.87. The molecule has 1 N–H and O–H groups in total. The molecule has 1 atom stereocenters. The predicted octanol–water partition coefficient (Wildman–Crippen LogP) is 3.38. The first-order valence-corrected chi connectivity index (χ1v) is 11.0. The third kappa shape index (κ3) is 5.71. The second-order valence-corrected chi connectivity index (χ2v) is 8.82. The molecule has 7 heteroatoms. The van der Waals surface area contributed by atoms with Crippen LogP contribution in [0.3, 0.4) is 0 Å². The Morgan fingerprint density at radius 1 is 1.13 bits per heavy atom. The Balaban J connectivity index is 1.79. The lowest BCUT2D eigenvalue weighted by Gasteiger charge is -2.35. The standard InChI is InChI=1S/C24H32FN3O3/c1-16-21(24(31)27(2)3)13-18(14-22(29)26-20-7-5-4-6-8-20)23(30)28(16)15-17-9-11-19(25)12-10-17/h9-12,18,20H,4-8,13-15H2,1-3H3,(H,26,29).